The van der Waals surface area contributed by atoms with E-state index in [1.807, 2.05) is 24.0 Å². The van der Waals surface area contributed by atoms with E-state index in [2.05, 4.69) is 47.2 Å². The molecule has 1 heterocycles. The second-order valence-corrected chi connectivity index (χ2v) is 12.2. The van der Waals surface area contributed by atoms with Crippen molar-refractivity contribution in [3.63, 3.8) is 0 Å². The predicted octanol–water partition coefficient (Wildman–Crippen LogP) is 8.32. The molecule has 0 bridgehead atoms. The highest BCUT2D eigenvalue weighted by Crippen LogP contribution is 2.14. The molecule has 40 heavy (non-hydrogen) atoms. The minimum absolute atomic E-state index is 0.178. The second kappa shape index (κ2) is 20.4. The monoisotopic (exact) mass is 569 g/mol. The summed E-state index contributed by atoms with van der Waals surface area (Å²) >= 11 is 0. The van der Waals surface area contributed by atoms with Crippen LogP contribution in [0, 0.1) is 6.92 Å². The van der Waals surface area contributed by atoms with Gasteiger partial charge in [-0.3, -0.25) is 0 Å². The summed E-state index contributed by atoms with van der Waals surface area (Å²) in [7, 11) is -4.27. The summed E-state index contributed by atoms with van der Waals surface area (Å²) in [5, 5.41) is 4.46. The molecule has 0 fully saturated rings. The van der Waals surface area contributed by atoms with Gasteiger partial charge in [-0.15, -0.1) is 0 Å². The zero-order chi connectivity index (χ0) is 28.9. The molecule has 0 aliphatic carbocycles. The molecule has 3 aromatic rings. The zero-order valence-corrected chi connectivity index (χ0v) is 25.7. The van der Waals surface area contributed by atoms with E-state index in [-0.39, 0.29) is 4.90 Å². The lowest BCUT2D eigenvalue weighted by Crippen LogP contribution is -2.30. The van der Waals surface area contributed by atoms with Crippen molar-refractivity contribution in [2.45, 2.75) is 128 Å². The molecule has 0 N–H and O–H groups in total. The van der Waals surface area contributed by atoms with E-state index in [4.69, 9.17) is 0 Å². The Balaban J connectivity index is 0.000000425. The average molecular weight is 570 g/mol. The Labute approximate surface area is 243 Å². The van der Waals surface area contributed by atoms with E-state index in [1.165, 1.54) is 115 Å². The van der Waals surface area contributed by atoms with Gasteiger partial charge in [-0.1, -0.05) is 144 Å². The Kier molecular flexibility index (Phi) is 17.2. The van der Waals surface area contributed by atoms with Gasteiger partial charge >= 0.3 is 0 Å². The van der Waals surface area contributed by atoms with Crippen LogP contribution in [0.5, 0.6) is 0 Å². The number of unbranched alkanes of at least 4 members (excludes halogenated alkanes) is 15. The fraction of sp³-hybridized carbons (Fsp3) is 0.576. The first-order chi connectivity index (χ1) is 19.4. The van der Waals surface area contributed by atoms with Crippen LogP contribution in [0.2, 0.25) is 0 Å². The third-order valence-corrected chi connectivity index (χ3v) is 8.03. The first kappa shape index (κ1) is 33.7. The highest BCUT2D eigenvalue weighted by molar-refractivity contribution is 7.85. The van der Waals surface area contributed by atoms with Crippen LogP contribution < -0.4 is 4.57 Å². The van der Waals surface area contributed by atoms with Gasteiger partial charge < -0.3 is 4.55 Å². The molecule has 0 amide bonds. The van der Waals surface area contributed by atoms with Crippen LogP contribution in [0.15, 0.2) is 72.1 Å². The maximum Gasteiger partial charge on any atom is 0.265 e. The van der Waals surface area contributed by atoms with Gasteiger partial charge in [-0.2, -0.15) is 0 Å². The van der Waals surface area contributed by atoms with Crippen molar-refractivity contribution in [2.75, 3.05) is 0 Å². The van der Waals surface area contributed by atoms with Crippen molar-refractivity contribution >= 4 is 10.1 Å². The Morgan fingerprint density at radius 1 is 0.700 bits per heavy atom. The molecule has 0 aliphatic heterocycles. The van der Waals surface area contributed by atoms with Gasteiger partial charge in [-0.25, -0.2) is 13.0 Å². The number of benzene rings is 2. The van der Waals surface area contributed by atoms with Crippen molar-refractivity contribution < 1.29 is 17.5 Å². The molecule has 0 saturated carbocycles. The third-order valence-electron chi connectivity index (χ3n) is 7.18. The second-order valence-electron chi connectivity index (χ2n) is 10.8. The highest BCUT2D eigenvalue weighted by atomic mass is 32.2. The molecule has 0 spiro atoms. The summed E-state index contributed by atoms with van der Waals surface area (Å²) in [5.41, 5.74) is 2.05. The molecule has 3 rings (SSSR count). The van der Waals surface area contributed by atoms with Crippen LogP contribution in [0.4, 0.5) is 0 Å². The molecule has 0 radical (unpaired) electrons. The van der Waals surface area contributed by atoms with Gasteiger partial charge in [0.05, 0.1) is 11.4 Å². The van der Waals surface area contributed by atoms with Crippen molar-refractivity contribution in [1.82, 2.24) is 9.78 Å². The SMILES string of the molecule is CCCCCCCCCCCCCCCCCC[n+]1cnn(-c2ccccc2)c1.Cc1ccc(S(=O)(=O)[O-])cc1. The average Bonchev–Trinajstić information content (AvgIpc) is 3.42. The molecular weight excluding hydrogens is 518 g/mol. The van der Waals surface area contributed by atoms with Gasteiger partial charge in [0.25, 0.3) is 6.33 Å². The molecule has 1 aromatic heterocycles. The number of aryl methyl sites for hydroxylation is 2. The minimum atomic E-state index is -4.27. The Morgan fingerprint density at radius 3 is 1.65 bits per heavy atom. The number of para-hydroxylation sites is 1. The van der Waals surface area contributed by atoms with Gasteiger partial charge in [0.2, 0.25) is 6.33 Å². The van der Waals surface area contributed by atoms with E-state index < -0.39 is 10.1 Å². The van der Waals surface area contributed by atoms with Crippen LogP contribution >= 0.6 is 0 Å². The molecule has 222 valence electrons. The summed E-state index contributed by atoms with van der Waals surface area (Å²) in [6.07, 6.45) is 26.7. The molecule has 0 aliphatic rings. The summed E-state index contributed by atoms with van der Waals surface area (Å²) < 4.78 is 35.3. The standard InChI is InChI=1S/C26H44N3.C7H8O3S/c1-2-3-4-5-6-7-8-9-10-11-12-13-14-15-16-20-23-28-24-27-29(25-28)26-21-18-17-19-22-26;1-6-2-4-7(5-3-6)11(8,9)10/h17-19,21-22,24-25H,2-16,20,23H2,1H3;2-5H,1H3,(H,8,9,10)/q+1;/p-1. The summed E-state index contributed by atoms with van der Waals surface area (Å²) in [5.74, 6) is 0. The van der Waals surface area contributed by atoms with Gasteiger partial charge in [0.15, 0.2) is 0 Å². The van der Waals surface area contributed by atoms with Crippen LogP contribution in [-0.4, -0.2) is 22.8 Å². The Morgan fingerprint density at radius 2 is 1.18 bits per heavy atom. The van der Waals surface area contributed by atoms with E-state index in [0.29, 0.717) is 0 Å². The van der Waals surface area contributed by atoms with Gasteiger partial charge in [0.1, 0.15) is 15.8 Å². The molecule has 0 saturated heterocycles. The minimum Gasteiger partial charge on any atom is -0.744 e. The number of aromatic nitrogens is 3. The number of nitrogens with zero attached hydrogens (tertiary/aromatic N) is 3. The maximum atomic E-state index is 10.4. The molecule has 6 nitrogen and oxygen atoms in total. The van der Waals surface area contributed by atoms with E-state index in [9.17, 15) is 13.0 Å². The van der Waals surface area contributed by atoms with Gasteiger partial charge in [0, 0.05) is 5.10 Å². The van der Waals surface area contributed by atoms with Crippen molar-refractivity contribution in [1.29, 1.82) is 0 Å². The lowest BCUT2D eigenvalue weighted by Gasteiger charge is -2.05. The van der Waals surface area contributed by atoms with Crippen LogP contribution in [-0.2, 0) is 16.7 Å². The predicted molar refractivity (Wildman–Crippen MR) is 162 cm³/mol. The third kappa shape index (κ3) is 15.3. The zero-order valence-electron chi connectivity index (χ0n) is 24.8. The van der Waals surface area contributed by atoms with Crippen molar-refractivity contribution in [2.24, 2.45) is 0 Å². The fourth-order valence-electron chi connectivity index (χ4n) is 4.70. The molecule has 0 unspecified atom stereocenters. The van der Waals surface area contributed by atoms with Crippen LogP contribution in [0.25, 0.3) is 5.69 Å². The van der Waals surface area contributed by atoms with Crippen LogP contribution in [0.1, 0.15) is 115 Å². The maximum absolute atomic E-state index is 10.4. The first-order valence-corrected chi connectivity index (χ1v) is 16.8. The van der Waals surface area contributed by atoms with Gasteiger partial charge in [-0.05, 0) is 37.6 Å². The van der Waals surface area contributed by atoms with E-state index in [1.54, 1.807) is 12.1 Å². The van der Waals surface area contributed by atoms with Crippen molar-refractivity contribution in [3.8, 4) is 5.69 Å². The number of hydrogen-bond acceptors (Lipinski definition) is 4. The lowest BCUT2D eigenvalue weighted by molar-refractivity contribution is -0.697. The summed E-state index contributed by atoms with van der Waals surface area (Å²) in [6, 6.07) is 16.1. The quantitative estimate of drug-likeness (QED) is 0.0826. The molecule has 0 atom stereocenters. The largest absolute Gasteiger partial charge is 0.744 e. The van der Waals surface area contributed by atoms with E-state index in [0.717, 1.165) is 17.8 Å². The number of hydrogen-bond donors (Lipinski definition) is 0. The Bertz CT molecular complexity index is 1130. The van der Waals surface area contributed by atoms with Crippen LogP contribution in [0.3, 0.4) is 0 Å². The fourth-order valence-corrected chi connectivity index (χ4v) is 5.17. The Hall–Kier alpha value is -2.51. The summed E-state index contributed by atoms with van der Waals surface area (Å²) in [4.78, 5) is -0.178. The first-order valence-electron chi connectivity index (χ1n) is 15.4. The smallest absolute Gasteiger partial charge is 0.265 e. The van der Waals surface area contributed by atoms with Crippen molar-refractivity contribution in [3.05, 3.63) is 72.8 Å². The highest BCUT2D eigenvalue weighted by Gasteiger charge is 2.07. The summed E-state index contributed by atoms with van der Waals surface area (Å²) in [6.45, 7) is 5.19. The number of rotatable bonds is 19. The molecular formula is C33H51N3O3S. The topological polar surface area (TPSA) is 78.9 Å². The lowest BCUT2D eigenvalue weighted by atomic mass is 10.0. The van der Waals surface area contributed by atoms with E-state index >= 15 is 0 Å². The normalized spacial score (nSPS) is 11.3. The molecule has 7 heteroatoms. The molecule has 2 aromatic carbocycles.